The number of carboxylic acid groups (broad SMARTS) is 1. The maximum atomic E-state index is 12.1. The number of halogens is 1. The van der Waals surface area contributed by atoms with Crippen molar-refractivity contribution in [3.05, 3.63) is 34.9 Å². The Morgan fingerprint density at radius 1 is 1.30 bits per heavy atom. The molecule has 1 saturated heterocycles. The second-order valence-electron chi connectivity index (χ2n) is 5.29. The summed E-state index contributed by atoms with van der Waals surface area (Å²) in [7, 11) is 0. The van der Waals surface area contributed by atoms with Gasteiger partial charge in [-0.05, 0) is 17.7 Å². The van der Waals surface area contributed by atoms with Crippen LogP contribution in [0.5, 0.6) is 0 Å². The summed E-state index contributed by atoms with van der Waals surface area (Å²) in [4.78, 5) is 35.6. The van der Waals surface area contributed by atoms with E-state index in [1.54, 1.807) is 24.3 Å². The second kappa shape index (κ2) is 6.84. The summed E-state index contributed by atoms with van der Waals surface area (Å²) >= 11 is 5.77. The first kappa shape index (κ1) is 17.0. The zero-order valence-electron chi connectivity index (χ0n) is 12.1. The molecule has 0 aliphatic carbocycles. The Kier molecular flexibility index (Phi) is 5.07. The third-order valence-corrected chi connectivity index (χ3v) is 3.79. The van der Waals surface area contributed by atoms with E-state index in [2.05, 4.69) is 5.32 Å². The maximum absolute atomic E-state index is 12.1. The zero-order chi connectivity index (χ0) is 17.0. The predicted octanol–water partition coefficient (Wildman–Crippen LogP) is 1.03. The van der Waals surface area contributed by atoms with Crippen LogP contribution in [-0.2, 0) is 16.1 Å². The van der Waals surface area contributed by atoms with Crippen LogP contribution in [0.4, 0.5) is 9.59 Å². The topological polar surface area (TPSA) is 122 Å². The summed E-state index contributed by atoms with van der Waals surface area (Å²) in [5.74, 6) is -1.14. The molecule has 1 fully saturated rings. The Bertz CT molecular complexity index is 615. The number of imide groups is 1. The van der Waals surface area contributed by atoms with Crippen molar-refractivity contribution in [1.29, 1.82) is 0 Å². The Balaban J connectivity index is 1.99. The molecule has 2 rings (SSSR count). The molecule has 23 heavy (non-hydrogen) atoms. The first-order chi connectivity index (χ1) is 10.8. The van der Waals surface area contributed by atoms with Crippen LogP contribution in [-0.4, -0.2) is 47.8 Å². The van der Waals surface area contributed by atoms with Gasteiger partial charge in [0.25, 0.3) is 0 Å². The highest BCUT2D eigenvalue weighted by Crippen LogP contribution is 2.29. The van der Waals surface area contributed by atoms with Crippen LogP contribution < -0.4 is 11.1 Å². The molecule has 0 aromatic heterocycles. The number of nitrogens with two attached hydrogens (primary N) is 1. The SMILES string of the molecule is NC(=O)N(CC1(C(=O)O)COC1)C(=O)NCc1ccc(Cl)cc1. The highest BCUT2D eigenvalue weighted by molar-refractivity contribution is 6.30. The molecular formula is C14H16ClN3O5. The Hall–Kier alpha value is -2.32. The van der Waals surface area contributed by atoms with Gasteiger partial charge in [0, 0.05) is 11.6 Å². The molecule has 8 nitrogen and oxygen atoms in total. The van der Waals surface area contributed by atoms with Gasteiger partial charge in [-0.3, -0.25) is 4.79 Å². The Morgan fingerprint density at radius 2 is 1.91 bits per heavy atom. The van der Waals surface area contributed by atoms with Gasteiger partial charge in [0.15, 0.2) is 0 Å². The minimum absolute atomic E-state index is 0.0728. The van der Waals surface area contributed by atoms with Crippen LogP contribution in [0.15, 0.2) is 24.3 Å². The lowest BCUT2D eigenvalue weighted by atomic mass is 9.85. The third kappa shape index (κ3) is 3.91. The van der Waals surface area contributed by atoms with Gasteiger partial charge < -0.3 is 20.9 Å². The van der Waals surface area contributed by atoms with Gasteiger partial charge in [-0.2, -0.15) is 0 Å². The summed E-state index contributed by atoms with van der Waals surface area (Å²) < 4.78 is 4.90. The molecule has 1 aromatic rings. The average molecular weight is 342 g/mol. The summed E-state index contributed by atoms with van der Waals surface area (Å²) in [5.41, 5.74) is 4.66. The number of primary amides is 1. The largest absolute Gasteiger partial charge is 0.481 e. The Labute approximate surface area is 137 Å². The fraction of sp³-hybridized carbons (Fsp3) is 0.357. The van der Waals surface area contributed by atoms with Gasteiger partial charge in [0.1, 0.15) is 5.41 Å². The molecule has 4 amide bonds. The van der Waals surface area contributed by atoms with E-state index in [1.807, 2.05) is 0 Å². The minimum atomic E-state index is -1.30. The number of nitrogens with one attached hydrogen (secondary N) is 1. The van der Waals surface area contributed by atoms with Crippen molar-refractivity contribution in [2.75, 3.05) is 19.8 Å². The highest BCUT2D eigenvalue weighted by Gasteiger charge is 2.49. The maximum Gasteiger partial charge on any atom is 0.325 e. The molecule has 4 N–H and O–H groups in total. The number of ether oxygens (including phenoxy) is 1. The second-order valence-corrected chi connectivity index (χ2v) is 5.72. The number of carboxylic acids is 1. The van der Waals surface area contributed by atoms with E-state index in [0.29, 0.717) is 9.92 Å². The van der Waals surface area contributed by atoms with Gasteiger partial charge in [0.05, 0.1) is 19.8 Å². The van der Waals surface area contributed by atoms with E-state index in [1.165, 1.54) is 0 Å². The van der Waals surface area contributed by atoms with Crippen LogP contribution in [0.25, 0.3) is 0 Å². The quantitative estimate of drug-likeness (QED) is 0.738. The molecule has 1 aromatic carbocycles. The summed E-state index contributed by atoms with van der Waals surface area (Å²) in [6.45, 7) is -0.340. The van der Waals surface area contributed by atoms with E-state index in [9.17, 15) is 19.5 Å². The van der Waals surface area contributed by atoms with Crippen molar-refractivity contribution in [2.45, 2.75) is 6.54 Å². The lowest BCUT2D eigenvalue weighted by Crippen LogP contribution is -2.60. The number of hydrogen-bond donors (Lipinski definition) is 3. The predicted molar refractivity (Wildman–Crippen MR) is 80.9 cm³/mol. The molecule has 0 radical (unpaired) electrons. The lowest BCUT2D eigenvalue weighted by molar-refractivity contribution is -0.180. The molecular weight excluding hydrogens is 326 g/mol. The number of benzene rings is 1. The van der Waals surface area contributed by atoms with E-state index < -0.39 is 23.4 Å². The molecule has 1 aliphatic rings. The fourth-order valence-electron chi connectivity index (χ4n) is 2.06. The highest BCUT2D eigenvalue weighted by atomic mass is 35.5. The van der Waals surface area contributed by atoms with E-state index in [-0.39, 0.29) is 26.3 Å². The van der Waals surface area contributed by atoms with Crippen LogP contribution >= 0.6 is 11.6 Å². The number of carbonyl (C=O) groups is 3. The fourth-order valence-corrected chi connectivity index (χ4v) is 2.18. The number of nitrogens with zero attached hydrogens (tertiary/aromatic N) is 1. The molecule has 9 heteroatoms. The van der Waals surface area contributed by atoms with Gasteiger partial charge >= 0.3 is 18.0 Å². The average Bonchev–Trinajstić information content (AvgIpc) is 2.44. The molecule has 1 aliphatic heterocycles. The van der Waals surface area contributed by atoms with Gasteiger partial charge in [-0.15, -0.1) is 0 Å². The van der Waals surface area contributed by atoms with Crippen molar-refractivity contribution in [3.63, 3.8) is 0 Å². The Morgan fingerprint density at radius 3 is 2.35 bits per heavy atom. The van der Waals surface area contributed by atoms with Crippen LogP contribution in [0.3, 0.4) is 0 Å². The van der Waals surface area contributed by atoms with Crippen molar-refractivity contribution >= 4 is 29.6 Å². The number of amides is 4. The molecule has 0 saturated carbocycles. The molecule has 0 unspecified atom stereocenters. The van der Waals surface area contributed by atoms with Crippen LogP contribution in [0.1, 0.15) is 5.56 Å². The number of urea groups is 2. The summed E-state index contributed by atoms with van der Waals surface area (Å²) in [6.07, 6.45) is 0. The molecule has 0 bridgehead atoms. The zero-order valence-corrected chi connectivity index (χ0v) is 12.9. The smallest absolute Gasteiger partial charge is 0.325 e. The number of hydrogen-bond acceptors (Lipinski definition) is 4. The normalized spacial score (nSPS) is 15.3. The van der Waals surface area contributed by atoms with E-state index >= 15 is 0 Å². The van der Waals surface area contributed by atoms with Gasteiger partial charge in [-0.1, -0.05) is 23.7 Å². The summed E-state index contributed by atoms with van der Waals surface area (Å²) in [6, 6.07) is 4.98. The van der Waals surface area contributed by atoms with E-state index in [0.717, 1.165) is 5.56 Å². The number of rotatable bonds is 5. The van der Waals surface area contributed by atoms with E-state index in [4.69, 9.17) is 22.1 Å². The molecule has 0 atom stereocenters. The molecule has 0 spiro atoms. The lowest BCUT2D eigenvalue weighted by Gasteiger charge is -2.39. The number of carbonyl (C=O) groups excluding carboxylic acids is 2. The van der Waals surface area contributed by atoms with Crippen molar-refractivity contribution in [1.82, 2.24) is 10.2 Å². The monoisotopic (exact) mass is 341 g/mol. The van der Waals surface area contributed by atoms with Gasteiger partial charge in [-0.25, -0.2) is 14.5 Å². The molecule has 124 valence electrons. The standard InChI is InChI=1S/C14H16ClN3O5/c15-10-3-1-9(2-4-10)5-17-13(22)18(12(16)21)6-14(11(19)20)7-23-8-14/h1-4H,5-8H2,(H2,16,21)(H,17,22)(H,19,20). The third-order valence-electron chi connectivity index (χ3n) is 3.54. The van der Waals surface area contributed by atoms with Crippen molar-refractivity contribution in [3.8, 4) is 0 Å². The van der Waals surface area contributed by atoms with Crippen LogP contribution in [0.2, 0.25) is 5.02 Å². The summed E-state index contributed by atoms with van der Waals surface area (Å²) in [5, 5.41) is 12.3. The van der Waals surface area contributed by atoms with Gasteiger partial charge in [0.2, 0.25) is 0 Å². The van der Waals surface area contributed by atoms with Crippen LogP contribution in [0, 0.1) is 5.41 Å². The number of aliphatic carboxylic acids is 1. The first-order valence-electron chi connectivity index (χ1n) is 6.74. The minimum Gasteiger partial charge on any atom is -0.481 e. The van der Waals surface area contributed by atoms with Crippen molar-refractivity contribution in [2.24, 2.45) is 11.1 Å². The van der Waals surface area contributed by atoms with Crippen molar-refractivity contribution < 1.29 is 24.2 Å². The first-order valence-corrected chi connectivity index (χ1v) is 7.12. The molecule has 1 heterocycles.